The van der Waals surface area contributed by atoms with Gasteiger partial charge < -0.3 is 0 Å². The van der Waals surface area contributed by atoms with Gasteiger partial charge in [0.25, 0.3) is 0 Å². The Morgan fingerprint density at radius 3 is 2.70 bits per heavy atom. The summed E-state index contributed by atoms with van der Waals surface area (Å²) < 4.78 is 0. The maximum Gasteiger partial charge on any atom is 0.331 e. The summed E-state index contributed by atoms with van der Waals surface area (Å²) in [4.78, 5) is 36.8. The Kier molecular flexibility index (Phi) is 4.39. The zero-order valence-corrected chi connectivity index (χ0v) is 11.8. The van der Waals surface area contributed by atoms with Gasteiger partial charge in [0.15, 0.2) is 0 Å². The van der Waals surface area contributed by atoms with Crippen molar-refractivity contribution in [3.63, 3.8) is 0 Å². The highest BCUT2D eigenvalue weighted by molar-refractivity contribution is 6.30. The molecule has 1 aromatic carbocycles. The van der Waals surface area contributed by atoms with E-state index in [-0.39, 0.29) is 6.54 Å². The van der Waals surface area contributed by atoms with Crippen molar-refractivity contribution >= 4 is 29.4 Å². The van der Waals surface area contributed by atoms with E-state index in [1.54, 1.807) is 24.3 Å². The normalized spacial score (nSPS) is 19.2. The second kappa shape index (κ2) is 6.05. The fourth-order valence-electron chi connectivity index (χ4n) is 2.17. The molecule has 0 spiro atoms. The van der Waals surface area contributed by atoms with Crippen LogP contribution in [0, 0.1) is 5.92 Å². The Morgan fingerprint density at radius 1 is 1.30 bits per heavy atom. The minimum Gasteiger partial charge on any atom is -0.277 e. The Bertz CT molecular complexity index is 559. The summed E-state index contributed by atoms with van der Waals surface area (Å²) in [6, 6.07) is 6.25. The Morgan fingerprint density at radius 2 is 2.05 bits per heavy atom. The van der Waals surface area contributed by atoms with Gasteiger partial charge in [-0.1, -0.05) is 37.1 Å². The fourth-order valence-corrected chi connectivity index (χ4v) is 2.38. The van der Waals surface area contributed by atoms with Gasteiger partial charge >= 0.3 is 6.03 Å². The molecule has 1 atom stereocenters. The number of nitrogens with zero attached hydrogens (tertiary/aromatic N) is 1. The predicted molar refractivity (Wildman–Crippen MR) is 73.9 cm³/mol. The van der Waals surface area contributed by atoms with Gasteiger partial charge in [-0.25, -0.2) is 4.79 Å². The van der Waals surface area contributed by atoms with Crippen LogP contribution in [0.3, 0.4) is 0 Å². The van der Waals surface area contributed by atoms with Gasteiger partial charge in [-0.3, -0.25) is 19.8 Å². The lowest BCUT2D eigenvalue weighted by Crippen LogP contribution is -2.57. The molecule has 0 bridgehead atoms. The summed E-state index contributed by atoms with van der Waals surface area (Å²) >= 11 is 5.88. The summed E-state index contributed by atoms with van der Waals surface area (Å²) in [5, 5.41) is 2.76. The van der Waals surface area contributed by atoms with Crippen molar-refractivity contribution in [2.75, 3.05) is 0 Å². The summed E-state index contributed by atoms with van der Waals surface area (Å²) in [7, 11) is 0. The van der Waals surface area contributed by atoms with Crippen LogP contribution in [0.4, 0.5) is 4.79 Å². The molecule has 2 rings (SSSR count). The van der Waals surface area contributed by atoms with Crippen LogP contribution in [0.25, 0.3) is 0 Å². The third kappa shape index (κ3) is 2.99. The molecule has 1 unspecified atom stereocenters. The van der Waals surface area contributed by atoms with Crippen LogP contribution in [-0.4, -0.2) is 22.7 Å². The number of halogens is 1. The Balaban J connectivity index is 2.19. The topological polar surface area (TPSA) is 66.5 Å². The van der Waals surface area contributed by atoms with Gasteiger partial charge in [0.1, 0.15) is 5.92 Å². The van der Waals surface area contributed by atoms with E-state index < -0.39 is 23.8 Å². The largest absolute Gasteiger partial charge is 0.331 e. The average Bonchev–Trinajstić information content (AvgIpc) is 2.39. The van der Waals surface area contributed by atoms with Gasteiger partial charge in [0, 0.05) is 5.02 Å². The first kappa shape index (κ1) is 14.5. The molecule has 1 aliphatic rings. The molecule has 1 saturated heterocycles. The second-order valence-electron chi connectivity index (χ2n) is 4.69. The third-order valence-electron chi connectivity index (χ3n) is 3.16. The fraction of sp³-hybridized carbons (Fsp3) is 0.357. The van der Waals surface area contributed by atoms with E-state index in [0.717, 1.165) is 10.5 Å². The van der Waals surface area contributed by atoms with E-state index >= 15 is 0 Å². The molecule has 0 saturated carbocycles. The average molecular weight is 295 g/mol. The molecule has 0 aliphatic carbocycles. The standard InChI is InChI=1S/C14H15ClN2O3/c1-2-4-11-12(18)16-14(20)17(13(11)19)8-9-5-3-6-10(15)7-9/h3,5-7,11H,2,4,8H2,1H3,(H,16,18,20). The molecule has 1 heterocycles. The lowest BCUT2D eigenvalue weighted by Gasteiger charge is -2.30. The summed E-state index contributed by atoms with van der Waals surface area (Å²) in [5.74, 6) is -1.73. The van der Waals surface area contributed by atoms with Crippen LogP contribution < -0.4 is 5.32 Å². The maximum atomic E-state index is 12.2. The number of hydrogen-bond donors (Lipinski definition) is 1. The second-order valence-corrected chi connectivity index (χ2v) is 5.13. The SMILES string of the molecule is CCCC1C(=O)NC(=O)N(Cc2cccc(Cl)c2)C1=O. The molecule has 1 N–H and O–H groups in total. The number of carbonyl (C=O) groups is 3. The van der Waals surface area contributed by atoms with Crippen molar-refractivity contribution in [3.05, 3.63) is 34.9 Å². The maximum absolute atomic E-state index is 12.2. The molecular formula is C14H15ClN2O3. The zero-order chi connectivity index (χ0) is 14.7. The highest BCUT2D eigenvalue weighted by atomic mass is 35.5. The minimum atomic E-state index is -0.781. The number of barbiturate groups is 1. The van der Waals surface area contributed by atoms with E-state index in [0.29, 0.717) is 17.9 Å². The highest BCUT2D eigenvalue weighted by Crippen LogP contribution is 2.19. The van der Waals surface area contributed by atoms with Gasteiger partial charge in [-0.15, -0.1) is 0 Å². The molecule has 5 nitrogen and oxygen atoms in total. The van der Waals surface area contributed by atoms with Crippen LogP contribution in [0.1, 0.15) is 25.3 Å². The number of urea groups is 1. The molecule has 20 heavy (non-hydrogen) atoms. The Hall–Kier alpha value is -1.88. The summed E-state index contributed by atoms with van der Waals surface area (Å²) in [6.07, 6.45) is 1.13. The molecule has 0 radical (unpaired) electrons. The molecule has 1 aromatic rings. The number of imide groups is 2. The Labute approximate surface area is 121 Å². The van der Waals surface area contributed by atoms with Crippen LogP contribution >= 0.6 is 11.6 Å². The number of carbonyl (C=O) groups excluding carboxylic acids is 3. The van der Waals surface area contributed by atoms with Crippen molar-refractivity contribution in [1.82, 2.24) is 10.2 Å². The first-order valence-corrected chi connectivity index (χ1v) is 6.81. The number of rotatable bonds is 4. The first-order valence-electron chi connectivity index (χ1n) is 6.43. The summed E-state index contributed by atoms with van der Waals surface area (Å²) in [5.41, 5.74) is 0.741. The zero-order valence-electron chi connectivity index (χ0n) is 11.1. The van der Waals surface area contributed by atoms with Crippen molar-refractivity contribution < 1.29 is 14.4 Å². The molecule has 6 heteroatoms. The van der Waals surface area contributed by atoms with Crippen molar-refractivity contribution in [1.29, 1.82) is 0 Å². The van der Waals surface area contributed by atoms with Gasteiger partial charge in [0.05, 0.1) is 6.54 Å². The van der Waals surface area contributed by atoms with E-state index in [1.807, 2.05) is 6.92 Å². The lowest BCUT2D eigenvalue weighted by atomic mass is 9.99. The molecule has 0 aromatic heterocycles. The van der Waals surface area contributed by atoms with E-state index in [1.165, 1.54) is 0 Å². The van der Waals surface area contributed by atoms with Crippen LogP contribution in [0.5, 0.6) is 0 Å². The molecular weight excluding hydrogens is 280 g/mol. The number of benzene rings is 1. The smallest absolute Gasteiger partial charge is 0.277 e. The number of hydrogen-bond acceptors (Lipinski definition) is 3. The summed E-state index contributed by atoms with van der Waals surface area (Å²) in [6.45, 7) is 2.00. The molecule has 1 aliphatic heterocycles. The van der Waals surface area contributed by atoms with Crippen molar-refractivity contribution in [2.45, 2.75) is 26.3 Å². The monoisotopic (exact) mass is 294 g/mol. The predicted octanol–water partition coefficient (Wildman–Crippen LogP) is 2.33. The van der Waals surface area contributed by atoms with Crippen molar-refractivity contribution in [2.24, 2.45) is 5.92 Å². The minimum absolute atomic E-state index is 0.110. The van der Waals surface area contributed by atoms with Crippen molar-refractivity contribution in [3.8, 4) is 0 Å². The van der Waals surface area contributed by atoms with Crippen LogP contribution in [-0.2, 0) is 16.1 Å². The van der Waals surface area contributed by atoms with Gasteiger partial charge in [-0.05, 0) is 24.1 Å². The number of nitrogens with one attached hydrogen (secondary N) is 1. The van der Waals surface area contributed by atoms with Gasteiger partial charge in [-0.2, -0.15) is 0 Å². The lowest BCUT2D eigenvalue weighted by molar-refractivity contribution is -0.143. The van der Waals surface area contributed by atoms with E-state index in [4.69, 9.17) is 11.6 Å². The van der Waals surface area contributed by atoms with Crippen LogP contribution in [0.15, 0.2) is 24.3 Å². The van der Waals surface area contributed by atoms with Gasteiger partial charge in [0.2, 0.25) is 11.8 Å². The first-order chi connectivity index (χ1) is 9.52. The van der Waals surface area contributed by atoms with Crippen LogP contribution in [0.2, 0.25) is 5.02 Å². The highest BCUT2D eigenvalue weighted by Gasteiger charge is 2.39. The molecule has 4 amide bonds. The number of amides is 4. The van der Waals surface area contributed by atoms with E-state index in [9.17, 15) is 14.4 Å². The molecule has 106 valence electrons. The van der Waals surface area contributed by atoms with E-state index in [2.05, 4.69) is 5.32 Å². The third-order valence-corrected chi connectivity index (χ3v) is 3.40. The quantitative estimate of drug-likeness (QED) is 0.867. The molecule has 1 fully saturated rings.